The number of carboxylic acids is 2. The summed E-state index contributed by atoms with van der Waals surface area (Å²) in [5, 5.41) is 32.2. The van der Waals surface area contributed by atoms with E-state index in [1.165, 1.54) is 24.3 Å². The lowest BCUT2D eigenvalue weighted by molar-refractivity contribution is -0.386. The molecule has 0 spiro atoms. The van der Waals surface area contributed by atoms with E-state index in [1.54, 1.807) is 5.32 Å². The fourth-order valence-corrected chi connectivity index (χ4v) is 2.86. The predicted molar refractivity (Wildman–Crippen MR) is 113 cm³/mol. The molecule has 0 saturated heterocycles. The van der Waals surface area contributed by atoms with Crippen molar-refractivity contribution in [3.63, 3.8) is 0 Å². The van der Waals surface area contributed by atoms with Crippen molar-refractivity contribution in [2.75, 3.05) is 6.61 Å². The van der Waals surface area contributed by atoms with Crippen LogP contribution in [0.3, 0.4) is 0 Å². The molecule has 0 aliphatic heterocycles. The lowest BCUT2D eigenvalue weighted by Crippen LogP contribution is -2.61. The van der Waals surface area contributed by atoms with Crippen LogP contribution in [0.4, 0.5) is 27.6 Å². The van der Waals surface area contributed by atoms with Crippen molar-refractivity contribution in [3.05, 3.63) is 69.3 Å². The Kier molecular flexibility index (Phi) is 8.07. The molecule has 2 aromatic carbocycles. The van der Waals surface area contributed by atoms with Gasteiger partial charge < -0.3 is 20.3 Å². The second kappa shape index (κ2) is 10.5. The van der Waals surface area contributed by atoms with Gasteiger partial charge in [-0.15, -0.1) is 6.42 Å². The molecule has 0 unspecified atom stereocenters. The van der Waals surface area contributed by atoms with Crippen molar-refractivity contribution in [3.8, 4) is 18.1 Å². The number of nitrogens with one attached hydrogen (secondary N) is 1. The van der Waals surface area contributed by atoms with Crippen LogP contribution in [0.15, 0.2) is 42.5 Å². The molecule has 1 amide bonds. The van der Waals surface area contributed by atoms with Gasteiger partial charge in [0.1, 0.15) is 0 Å². The first-order chi connectivity index (χ1) is 17.0. The van der Waals surface area contributed by atoms with E-state index in [1.807, 2.05) is 0 Å². The second-order valence-electron chi connectivity index (χ2n) is 7.42. The number of carbonyl (C=O) groups excluding carboxylic acids is 1. The maximum Gasteiger partial charge on any atom is 0.456 e. The van der Waals surface area contributed by atoms with Gasteiger partial charge in [0.25, 0.3) is 5.91 Å². The Labute approximate surface area is 203 Å². The lowest BCUT2D eigenvalue weighted by atomic mass is 9.90. The Balaban J connectivity index is 2.43. The Morgan fingerprint density at radius 2 is 1.59 bits per heavy atom. The molecule has 0 aromatic heterocycles. The third-order valence-corrected chi connectivity index (χ3v) is 4.89. The molecule has 0 atom stereocenters. The zero-order chi connectivity index (χ0) is 28.2. The molecule has 0 radical (unpaired) electrons. The zero-order valence-corrected chi connectivity index (χ0v) is 18.2. The number of benzene rings is 2. The summed E-state index contributed by atoms with van der Waals surface area (Å²) in [7, 11) is 0. The number of carboxylic acid groups (broad SMARTS) is 2. The van der Waals surface area contributed by atoms with Crippen molar-refractivity contribution in [2.45, 2.75) is 24.1 Å². The van der Waals surface area contributed by atoms with Gasteiger partial charge in [-0.25, -0.2) is 9.59 Å². The largest absolute Gasteiger partial charge is 0.480 e. The van der Waals surface area contributed by atoms with Crippen molar-refractivity contribution < 1.29 is 56.2 Å². The molecule has 0 bridgehead atoms. The van der Waals surface area contributed by atoms with Crippen LogP contribution in [0.25, 0.3) is 0 Å². The number of ether oxygens (including phenoxy) is 1. The highest BCUT2D eigenvalue weighted by Gasteiger charge is 2.58. The van der Waals surface area contributed by atoms with Crippen molar-refractivity contribution in [2.24, 2.45) is 0 Å². The van der Waals surface area contributed by atoms with Crippen molar-refractivity contribution >= 4 is 23.5 Å². The number of nitro groups is 1. The molecule has 0 aliphatic carbocycles. The van der Waals surface area contributed by atoms with Crippen LogP contribution in [0, 0.1) is 22.5 Å². The molecule has 0 fully saturated rings. The summed E-state index contributed by atoms with van der Waals surface area (Å²) in [6.45, 7) is -2.37. The molecule has 10 nitrogen and oxygen atoms in total. The fraction of sp³-hybridized carbons (Fsp3) is 0.227. The van der Waals surface area contributed by atoms with Gasteiger partial charge in [0.05, 0.1) is 4.92 Å². The average molecular weight is 530 g/mol. The second-order valence-corrected chi connectivity index (χ2v) is 7.42. The molecule has 0 heterocycles. The Morgan fingerprint density at radius 1 is 1.03 bits per heavy atom. The number of aliphatic carboxylic acids is 2. The number of halogens is 5. The lowest BCUT2D eigenvalue weighted by Gasteiger charge is -2.26. The van der Waals surface area contributed by atoms with E-state index < -0.39 is 70.4 Å². The van der Waals surface area contributed by atoms with Gasteiger partial charge in [-0.3, -0.25) is 14.9 Å². The van der Waals surface area contributed by atoms with Crippen LogP contribution >= 0.6 is 0 Å². The summed E-state index contributed by atoms with van der Waals surface area (Å²) in [4.78, 5) is 46.6. The number of hydrogen-bond acceptors (Lipinski definition) is 6. The molecule has 15 heteroatoms. The third kappa shape index (κ3) is 6.28. The van der Waals surface area contributed by atoms with E-state index in [0.29, 0.717) is 23.8 Å². The van der Waals surface area contributed by atoms with Gasteiger partial charge in [-0.05, 0) is 23.8 Å². The molecule has 37 heavy (non-hydrogen) atoms. The van der Waals surface area contributed by atoms with E-state index in [0.717, 1.165) is 0 Å². The summed E-state index contributed by atoms with van der Waals surface area (Å²) in [5.74, 6) is -9.79. The summed E-state index contributed by atoms with van der Waals surface area (Å²) in [6, 6.07) is 6.98. The molecular formula is C22H15F5N2O8. The predicted octanol–water partition coefficient (Wildman–Crippen LogP) is 3.03. The number of rotatable bonds is 10. The standard InChI is InChI=1S/C22H15F5N2O8/c1-2-12-3-5-13(6-4-12)10-20(18(31)32,19(33)34)28-17(30)14-7-8-15(29(35)36)16(9-14)37-11-21(23,24)22(25,26)27/h1,3-9H,10-11H2,(H,28,30)(H,31,32)(H,33,34). The number of amides is 1. The van der Waals surface area contributed by atoms with Crippen LogP contribution in [-0.4, -0.2) is 57.2 Å². The minimum Gasteiger partial charge on any atom is -0.480 e. The van der Waals surface area contributed by atoms with Crippen molar-refractivity contribution in [1.29, 1.82) is 0 Å². The number of hydrogen-bond donors (Lipinski definition) is 3. The van der Waals surface area contributed by atoms with Gasteiger partial charge in [0, 0.05) is 29.7 Å². The highest BCUT2D eigenvalue weighted by Crippen LogP contribution is 2.37. The SMILES string of the molecule is C#Cc1ccc(CC(NC(=O)c2ccc([N+](=O)[O-])c(OCC(F)(F)C(F)(F)F)c2)(C(=O)O)C(=O)O)cc1. The maximum atomic E-state index is 13.2. The van der Waals surface area contributed by atoms with Gasteiger partial charge in [0.2, 0.25) is 5.54 Å². The van der Waals surface area contributed by atoms with E-state index in [9.17, 15) is 56.7 Å². The molecular weight excluding hydrogens is 515 g/mol. The monoisotopic (exact) mass is 530 g/mol. The van der Waals surface area contributed by atoms with E-state index in [-0.39, 0.29) is 5.56 Å². The average Bonchev–Trinajstić information content (AvgIpc) is 2.81. The normalized spacial score (nSPS) is 11.8. The molecule has 2 aromatic rings. The topological polar surface area (TPSA) is 156 Å². The number of alkyl halides is 5. The van der Waals surface area contributed by atoms with E-state index >= 15 is 0 Å². The first-order valence-corrected chi connectivity index (χ1v) is 9.74. The summed E-state index contributed by atoms with van der Waals surface area (Å²) in [6.07, 6.45) is -1.63. The van der Waals surface area contributed by atoms with Gasteiger partial charge in [0.15, 0.2) is 12.4 Å². The zero-order valence-electron chi connectivity index (χ0n) is 18.2. The van der Waals surface area contributed by atoms with Crippen LogP contribution < -0.4 is 10.1 Å². The Morgan fingerprint density at radius 3 is 2.05 bits per heavy atom. The number of nitro benzene ring substituents is 1. The molecule has 196 valence electrons. The van der Waals surface area contributed by atoms with Crippen LogP contribution in [0.5, 0.6) is 5.75 Å². The molecule has 0 saturated carbocycles. The Bertz CT molecular complexity index is 1260. The molecule has 2 rings (SSSR count). The number of terminal acetylenes is 1. The smallest absolute Gasteiger partial charge is 0.456 e. The highest BCUT2D eigenvalue weighted by atomic mass is 19.4. The summed E-state index contributed by atoms with van der Waals surface area (Å²) >= 11 is 0. The molecule has 3 N–H and O–H groups in total. The highest BCUT2D eigenvalue weighted by molar-refractivity contribution is 6.09. The fourth-order valence-electron chi connectivity index (χ4n) is 2.86. The minimum atomic E-state index is -6.04. The van der Waals surface area contributed by atoms with Gasteiger partial charge in [-0.1, -0.05) is 18.1 Å². The first-order valence-electron chi connectivity index (χ1n) is 9.74. The maximum absolute atomic E-state index is 13.2. The van der Waals surface area contributed by atoms with E-state index in [2.05, 4.69) is 10.7 Å². The van der Waals surface area contributed by atoms with Crippen molar-refractivity contribution in [1.82, 2.24) is 5.32 Å². The number of carbonyl (C=O) groups is 3. The molecule has 0 aliphatic rings. The van der Waals surface area contributed by atoms with Gasteiger partial charge >= 0.3 is 29.7 Å². The third-order valence-electron chi connectivity index (χ3n) is 4.89. The quantitative estimate of drug-likeness (QED) is 0.139. The summed E-state index contributed by atoms with van der Waals surface area (Å²) in [5.41, 5.74) is -4.30. The number of nitrogens with zero attached hydrogens (tertiary/aromatic N) is 1. The van der Waals surface area contributed by atoms with E-state index in [4.69, 9.17) is 6.42 Å². The summed E-state index contributed by atoms with van der Waals surface area (Å²) < 4.78 is 68.0. The minimum absolute atomic E-state index is 0.117. The Hall–Kier alpha value is -4.74. The van der Waals surface area contributed by atoms with Crippen LogP contribution in [0.2, 0.25) is 0 Å². The van der Waals surface area contributed by atoms with Crippen LogP contribution in [-0.2, 0) is 16.0 Å². The van der Waals surface area contributed by atoms with Gasteiger partial charge in [-0.2, -0.15) is 22.0 Å². The first kappa shape index (κ1) is 28.5. The van der Waals surface area contributed by atoms with Crippen LogP contribution in [0.1, 0.15) is 21.5 Å².